The average Bonchev–Trinajstić information content (AvgIpc) is 2.61. The minimum Gasteiger partial charge on any atom is -0.507 e. The maximum absolute atomic E-state index is 10.8. The summed E-state index contributed by atoms with van der Waals surface area (Å²) in [5, 5.41) is 16.3. The monoisotopic (exact) mass is 375 g/mol. The van der Waals surface area contributed by atoms with E-state index in [4.69, 9.17) is 0 Å². The molecular formula is C24H29N3O. The molecule has 0 saturated carbocycles. The van der Waals surface area contributed by atoms with Crippen LogP contribution in [0, 0.1) is 0 Å². The molecule has 0 bridgehead atoms. The summed E-state index contributed by atoms with van der Waals surface area (Å²) in [6, 6.07) is 14.0. The number of aromatic nitrogens is 1. The number of hydrogen-bond acceptors (Lipinski definition) is 4. The second-order valence-corrected chi connectivity index (χ2v) is 9.22. The van der Waals surface area contributed by atoms with Crippen molar-refractivity contribution in [2.24, 2.45) is 5.10 Å². The maximum Gasteiger partial charge on any atom is 0.123 e. The van der Waals surface area contributed by atoms with Crippen LogP contribution in [0.25, 0.3) is 10.9 Å². The van der Waals surface area contributed by atoms with Crippen molar-refractivity contribution in [2.75, 3.05) is 5.43 Å². The Morgan fingerprint density at radius 3 is 2.14 bits per heavy atom. The van der Waals surface area contributed by atoms with E-state index in [9.17, 15) is 5.11 Å². The molecule has 0 saturated heterocycles. The van der Waals surface area contributed by atoms with Crippen LogP contribution in [-0.2, 0) is 10.8 Å². The van der Waals surface area contributed by atoms with E-state index in [1.807, 2.05) is 42.5 Å². The summed E-state index contributed by atoms with van der Waals surface area (Å²) >= 11 is 0. The summed E-state index contributed by atoms with van der Waals surface area (Å²) in [6.07, 6.45) is 3.58. The van der Waals surface area contributed by atoms with Crippen molar-refractivity contribution in [3.63, 3.8) is 0 Å². The van der Waals surface area contributed by atoms with E-state index in [-0.39, 0.29) is 10.8 Å². The van der Waals surface area contributed by atoms with Crippen molar-refractivity contribution in [3.8, 4) is 5.75 Å². The molecule has 1 aromatic heterocycles. The first-order chi connectivity index (χ1) is 13.1. The van der Waals surface area contributed by atoms with Gasteiger partial charge in [0.2, 0.25) is 0 Å². The Morgan fingerprint density at radius 2 is 1.54 bits per heavy atom. The van der Waals surface area contributed by atoms with Gasteiger partial charge in [0, 0.05) is 22.7 Å². The zero-order valence-electron chi connectivity index (χ0n) is 17.5. The highest BCUT2D eigenvalue weighted by atomic mass is 16.3. The van der Waals surface area contributed by atoms with Crippen LogP contribution in [0.2, 0.25) is 0 Å². The fourth-order valence-corrected chi connectivity index (χ4v) is 3.25. The third-order valence-corrected chi connectivity index (χ3v) is 4.78. The molecule has 3 aromatic rings. The van der Waals surface area contributed by atoms with E-state index < -0.39 is 0 Å². The van der Waals surface area contributed by atoms with Gasteiger partial charge in [-0.2, -0.15) is 5.10 Å². The Morgan fingerprint density at radius 1 is 0.929 bits per heavy atom. The van der Waals surface area contributed by atoms with E-state index in [1.54, 1.807) is 12.4 Å². The number of pyridine rings is 1. The number of hydrogen-bond donors (Lipinski definition) is 2. The van der Waals surface area contributed by atoms with E-state index in [2.05, 4.69) is 57.1 Å². The molecule has 0 fully saturated rings. The SMILES string of the molecule is CC(C)(C)c1cc(/C=N/Nc2cccc3cccnc23)cc(C(C)(C)C)c1O. The Hall–Kier alpha value is -2.88. The molecule has 4 heteroatoms. The molecule has 1 heterocycles. The van der Waals surface area contributed by atoms with Gasteiger partial charge in [0.05, 0.1) is 17.4 Å². The third kappa shape index (κ3) is 4.16. The van der Waals surface area contributed by atoms with Crippen LogP contribution in [0.15, 0.2) is 53.8 Å². The number of anilines is 1. The third-order valence-electron chi connectivity index (χ3n) is 4.78. The summed E-state index contributed by atoms with van der Waals surface area (Å²) < 4.78 is 0. The Labute approximate surface area is 167 Å². The molecule has 0 unspecified atom stereocenters. The minimum atomic E-state index is -0.166. The van der Waals surface area contributed by atoms with Crippen molar-refractivity contribution in [1.29, 1.82) is 0 Å². The topological polar surface area (TPSA) is 57.5 Å². The highest BCUT2D eigenvalue weighted by Crippen LogP contribution is 2.39. The summed E-state index contributed by atoms with van der Waals surface area (Å²) in [4.78, 5) is 4.44. The molecule has 3 rings (SSSR count). The number of aromatic hydroxyl groups is 1. The predicted octanol–water partition coefficient (Wildman–Crippen LogP) is 5.98. The van der Waals surface area contributed by atoms with Gasteiger partial charge in [-0.05, 0) is 40.7 Å². The summed E-state index contributed by atoms with van der Waals surface area (Å²) in [6.45, 7) is 12.6. The average molecular weight is 376 g/mol. The number of phenolic OH excluding ortho intramolecular Hbond substituents is 1. The molecule has 4 nitrogen and oxygen atoms in total. The largest absolute Gasteiger partial charge is 0.507 e. The van der Waals surface area contributed by atoms with Crippen LogP contribution in [0.4, 0.5) is 5.69 Å². The zero-order chi connectivity index (χ0) is 20.5. The molecule has 0 spiro atoms. The summed E-state index contributed by atoms with van der Waals surface area (Å²) in [7, 11) is 0. The number of rotatable bonds is 3. The van der Waals surface area contributed by atoms with E-state index in [0.29, 0.717) is 5.75 Å². The van der Waals surface area contributed by atoms with Gasteiger partial charge in [0.1, 0.15) is 5.75 Å². The standard InChI is InChI=1S/C24H29N3O/c1-23(2,3)18-13-16(14-19(22(18)28)24(4,5)6)15-26-27-20-11-7-9-17-10-8-12-25-21(17)20/h7-15,27-28H,1-6H3/b26-15+. The van der Waals surface area contributed by atoms with Crippen molar-refractivity contribution in [3.05, 3.63) is 65.4 Å². The first-order valence-electron chi connectivity index (χ1n) is 9.58. The van der Waals surface area contributed by atoms with Crippen LogP contribution in [-0.4, -0.2) is 16.3 Å². The van der Waals surface area contributed by atoms with Gasteiger partial charge < -0.3 is 5.11 Å². The number of nitrogens with zero attached hydrogens (tertiary/aromatic N) is 2. The van der Waals surface area contributed by atoms with Gasteiger partial charge in [0.15, 0.2) is 0 Å². The lowest BCUT2D eigenvalue weighted by atomic mass is 9.78. The first-order valence-corrected chi connectivity index (χ1v) is 9.58. The van der Waals surface area contributed by atoms with Crippen LogP contribution in [0.3, 0.4) is 0 Å². The lowest BCUT2D eigenvalue weighted by Gasteiger charge is -2.27. The van der Waals surface area contributed by atoms with Crippen LogP contribution in [0.1, 0.15) is 58.2 Å². The summed E-state index contributed by atoms with van der Waals surface area (Å²) in [5.74, 6) is 0.378. The lowest BCUT2D eigenvalue weighted by molar-refractivity contribution is 0.423. The van der Waals surface area contributed by atoms with E-state index >= 15 is 0 Å². The van der Waals surface area contributed by atoms with Crippen molar-refractivity contribution >= 4 is 22.8 Å². The fourth-order valence-electron chi connectivity index (χ4n) is 3.25. The molecule has 0 radical (unpaired) electrons. The van der Waals surface area contributed by atoms with Crippen LogP contribution < -0.4 is 5.43 Å². The number of para-hydroxylation sites is 1. The van der Waals surface area contributed by atoms with Crippen molar-refractivity contribution < 1.29 is 5.11 Å². The molecule has 0 aliphatic heterocycles. The Balaban J connectivity index is 1.97. The van der Waals surface area contributed by atoms with Gasteiger partial charge in [0.25, 0.3) is 0 Å². The highest BCUT2D eigenvalue weighted by Gasteiger charge is 2.26. The smallest absolute Gasteiger partial charge is 0.123 e. The van der Waals surface area contributed by atoms with Crippen molar-refractivity contribution in [1.82, 2.24) is 4.98 Å². The molecule has 0 aliphatic rings. The molecule has 0 aliphatic carbocycles. The minimum absolute atomic E-state index is 0.166. The quantitative estimate of drug-likeness (QED) is 0.437. The number of phenols is 1. The molecule has 2 N–H and O–H groups in total. The van der Waals surface area contributed by atoms with Gasteiger partial charge in [-0.25, -0.2) is 0 Å². The Kier molecular flexibility index (Phi) is 5.16. The van der Waals surface area contributed by atoms with Gasteiger partial charge >= 0.3 is 0 Å². The molecular weight excluding hydrogens is 346 g/mol. The highest BCUT2D eigenvalue weighted by molar-refractivity contribution is 5.90. The second-order valence-electron chi connectivity index (χ2n) is 9.22. The zero-order valence-corrected chi connectivity index (χ0v) is 17.5. The lowest BCUT2D eigenvalue weighted by Crippen LogP contribution is -2.18. The van der Waals surface area contributed by atoms with Gasteiger partial charge in [-0.1, -0.05) is 59.7 Å². The molecule has 2 aromatic carbocycles. The molecule has 146 valence electrons. The van der Waals surface area contributed by atoms with Crippen LogP contribution >= 0.6 is 0 Å². The number of fused-ring (bicyclic) bond motifs is 1. The summed E-state index contributed by atoms with van der Waals surface area (Å²) in [5.41, 5.74) is 7.33. The molecule has 0 amide bonds. The first kappa shape index (κ1) is 19.9. The van der Waals surface area contributed by atoms with E-state index in [0.717, 1.165) is 33.3 Å². The van der Waals surface area contributed by atoms with Gasteiger partial charge in [-0.15, -0.1) is 0 Å². The predicted molar refractivity (Wildman–Crippen MR) is 118 cm³/mol. The maximum atomic E-state index is 10.8. The fraction of sp³-hybridized carbons (Fsp3) is 0.333. The number of nitrogens with one attached hydrogen (secondary N) is 1. The molecule has 0 atom stereocenters. The van der Waals surface area contributed by atoms with Crippen molar-refractivity contribution in [2.45, 2.75) is 52.4 Å². The van der Waals surface area contributed by atoms with Crippen LogP contribution in [0.5, 0.6) is 5.75 Å². The second kappa shape index (κ2) is 7.27. The van der Waals surface area contributed by atoms with E-state index in [1.165, 1.54) is 0 Å². The Bertz CT molecular complexity index is 984. The molecule has 28 heavy (non-hydrogen) atoms. The number of benzene rings is 2. The number of hydrazone groups is 1. The normalized spacial score (nSPS) is 12.6. The van der Waals surface area contributed by atoms with Gasteiger partial charge in [-0.3, -0.25) is 10.4 Å².